The second-order valence-electron chi connectivity index (χ2n) is 4.62. The van der Waals surface area contributed by atoms with E-state index in [0.29, 0.717) is 10.6 Å². The molecule has 100 valence electrons. The largest absolute Gasteiger partial charge is 0.397 e. The van der Waals surface area contributed by atoms with Crippen molar-refractivity contribution in [1.82, 2.24) is 10.3 Å². The van der Waals surface area contributed by atoms with Crippen LogP contribution in [0.5, 0.6) is 0 Å². The number of fused-ring (bicyclic) bond motifs is 2. The highest BCUT2D eigenvalue weighted by Crippen LogP contribution is 2.35. The molecule has 6 heteroatoms. The van der Waals surface area contributed by atoms with Crippen LogP contribution < -0.4 is 11.1 Å². The molecule has 0 bridgehead atoms. The number of amides is 1. The Bertz CT molecular complexity index is 651. The maximum atomic E-state index is 11.9. The summed E-state index contributed by atoms with van der Waals surface area (Å²) in [6.07, 6.45) is 3.19. The monoisotopic (exact) mass is 277 g/mol. The summed E-state index contributed by atoms with van der Waals surface area (Å²) in [5, 5.41) is 12.2. The molecule has 5 nitrogen and oxygen atoms in total. The number of nitrogens with zero attached hydrogens (tertiary/aromatic N) is 1. The zero-order valence-corrected chi connectivity index (χ0v) is 11.2. The zero-order chi connectivity index (χ0) is 13.4. The molecule has 1 aliphatic carbocycles. The summed E-state index contributed by atoms with van der Waals surface area (Å²) in [5.41, 5.74) is 8.94. The van der Waals surface area contributed by atoms with Crippen LogP contribution in [0.25, 0.3) is 10.2 Å². The van der Waals surface area contributed by atoms with Crippen LogP contribution in [-0.4, -0.2) is 29.1 Å². The summed E-state index contributed by atoms with van der Waals surface area (Å²) >= 11 is 1.32. The second kappa shape index (κ2) is 4.79. The lowest BCUT2D eigenvalue weighted by atomic mass is 10.1. The predicted octanol–water partition coefficient (Wildman–Crippen LogP) is 1.09. The Hall–Kier alpha value is -1.66. The first-order valence-corrected chi connectivity index (χ1v) is 7.12. The van der Waals surface area contributed by atoms with Crippen LogP contribution in [0.3, 0.4) is 0 Å². The second-order valence-corrected chi connectivity index (χ2v) is 5.62. The lowest BCUT2D eigenvalue weighted by Crippen LogP contribution is -2.26. The third kappa shape index (κ3) is 2.06. The van der Waals surface area contributed by atoms with Crippen LogP contribution in [-0.2, 0) is 12.8 Å². The molecule has 2 aromatic rings. The van der Waals surface area contributed by atoms with Gasteiger partial charge >= 0.3 is 0 Å². The van der Waals surface area contributed by atoms with Gasteiger partial charge in [0.2, 0.25) is 0 Å². The molecule has 1 amide bonds. The van der Waals surface area contributed by atoms with Gasteiger partial charge in [-0.3, -0.25) is 4.79 Å². The Kier molecular flexibility index (Phi) is 3.12. The number of carbonyl (C=O) groups is 1. The number of aryl methyl sites for hydroxylation is 2. The van der Waals surface area contributed by atoms with E-state index in [4.69, 9.17) is 10.8 Å². The third-order valence-electron chi connectivity index (χ3n) is 3.35. The first-order valence-electron chi connectivity index (χ1n) is 6.30. The van der Waals surface area contributed by atoms with Gasteiger partial charge in [0.15, 0.2) is 0 Å². The molecular weight excluding hydrogens is 262 g/mol. The number of hydrogen-bond donors (Lipinski definition) is 3. The van der Waals surface area contributed by atoms with E-state index in [1.165, 1.54) is 16.9 Å². The lowest BCUT2D eigenvalue weighted by Gasteiger charge is -2.01. The van der Waals surface area contributed by atoms with Crippen LogP contribution in [0.4, 0.5) is 5.69 Å². The lowest BCUT2D eigenvalue weighted by molar-refractivity contribution is 0.0949. The number of aliphatic hydroxyl groups is 1. The summed E-state index contributed by atoms with van der Waals surface area (Å²) in [7, 11) is 0. The topological polar surface area (TPSA) is 88.2 Å². The van der Waals surface area contributed by atoms with E-state index in [-0.39, 0.29) is 19.1 Å². The molecule has 0 radical (unpaired) electrons. The number of anilines is 1. The van der Waals surface area contributed by atoms with Crippen LogP contribution in [0.15, 0.2) is 6.07 Å². The highest BCUT2D eigenvalue weighted by atomic mass is 32.1. The predicted molar refractivity (Wildman–Crippen MR) is 75.5 cm³/mol. The van der Waals surface area contributed by atoms with Gasteiger partial charge < -0.3 is 16.2 Å². The van der Waals surface area contributed by atoms with Crippen molar-refractivity contribution in [3.63, 3.8) is 0 Å². The minimum atomic E-state index is -0.241. The van der Waals surface area contributed by atoms with Crippen molar-refractivity contribution in [3.05, 3.63) is 22.2 Å². The Balaban J connectivity index is 2.03. The van der Waals surface area contributed by atoms with E-state index in [2.05, 4.69) is 16.4 Å². The smallest absolute Gasteiger partial charge is 0.263 e. The standard InChI is InChI=1S/C13H15N3O2S/c14-10-8-6-7-2-1-3-9(7)16-13(8)19-11(10)12(18)15-4-5-17/h6,17H,1-5,14H2,(H,15,18). The maximum absolute atomic E-state index is 11.9. The fourth-order valence-electron chi connectivity index (χ4n) is 2.42. The molecule has 0 atom stereocenters. The highest BCUT2D eigenvalue weighted by molar-refractivity contribution is 7.21. The number of aromatic nitrogens is 1. The average molecular weight is 277 g/mol. The van der Waals surface area contributed by atoms with Crippen molar-refractivity contribution in [2.75, 3.05) is 18.9 Å². The van der Waals surface area contributed by atoms with E-state index in [0.717, 1.165) is 35.2 Å². The Labute approximate surface area is 114 Å². The number of nitrogens with two attached hydrogens (primary N) is 1. The van der Waals surface area contributed by atoms with Gasteiger partial charge in [0, 0.05) is 17.6 Å². The van der Waals surface area contributed by atoms with Gasteiger partial charge in [-0.05, 0) is 30.9 Å². The van der Waals surface area contributed by atoms with E-state index in [1.54, 1.807) is 0 Å². The average Bonchev–Trinajstić information content (AvgIpc) is 2.98. The molecule has 2 aromatic heterocycles. The first kappa shape index (κ1) is 12.4. The molecule has 2 heterocycles. The molecule has 4 N–H and O–H groups in total. The van der Waals surface area contributed by atoms with Gasteiger partial charge in [-0.1, -0.05) is 0 Å². The fraction of sp³-hybridized carbons (Fsp3) is 0.385. The van der Waals surface area contributed by atoms with Crippen molar-refractivity contribution < 1.29 is 9.90 Å². The molecule has 19 heavy (non-hydrogen) atoms. The quantitative estimate of drug-likeness (QED) is 0.783. The van der Waals surface area contributed by atoms with Crippen LogP contribution in [0, 0.1) is 0 Å². The van der Waals surface area contributed by atoms with E-state index >= 15 is 0 Å². The molecule has 0 aliphatic heterocycles. The van der Waals surface area contributed by atoms with E-state index in [1.807, 2.05) is 0 Å². The fourth-order valence-corrected chi connectivity index (χ4v) is 3.43. The van der Waals surface area contributed by atoms with Gasteiger partial charge in [0.1, 0.15) is 9.71 Å². The summed E-state index contributed by atoms with van der Waals surface area (Å²) in [6.45, 7) is 0.152. The minimum Gasteiger partial charge on any atom is -0.397 e. The minimum absolute atomic E-state index is 0.0803. The molecule has 0 spiro atoms. The van der Waals surface area contributed by atoms with E-state index < -0.39 is 0 Å². The number of nitrogens with one attached hydrogen (secondary N) is 1. The van der Waals surface area contributed by atoms with Crippen LogP contribution in [0.1, 0.15) is 27.3 Å². The molecule has 0 saturated carbocycles. The van der Waals surface area contributed by atoms with E-state index in [9.17, 15) is 4.79 Å². The van der Waals surface area contributed by atoms with Crippen LogP contribution in [0.2, 0.25) is 0 Å². The van der Waals surface area contributed by atoms with Crippen molar-refractivity contribution in [1.29, 1.82) is 0 Å². The van der Waals surface area contributed by atoms with Gasteiger partial charge in [-0.2, -0.15) is 0 Å². The molecule has 1 aliphatic rings. The van der Waals surface area contributed by atoms with Gasteiger partial charge in [-0.25, -0.2) is 4.98 Å². The number of nitrogen functional groups attached to an aromatic ring is 1. The molecule has 0 fully saturated rings. The number of carbonyl (C=O) groups excluding carboxylic acids is 1. The zero-order valence-electron chi connectivity index (χ0n) is 10.4. The maximum Gasteiger partial charge on any atom is 0.263 e. The number of pyridine rings is 1. The molecule has 3 rings (SSSR count). The molecular formula is C13H15N3O2S. The Morgan fingerprint density at radius 2 is 2.37 bits per heavy atom. The normalized spacial score (nSPS) is 13.7. The number of aliphatic hydroxyl groups excluding tert-OH is 1. The summed E-state index contributed by atoms with van der Waals surface area (Å²) in [4.78, 5) is 17.8. The molecule has 0 aromatic carbocycles. The number of thiophene rings is 1. The highest BCUT2D eigenvalue weighted by Gasteiger charge is 2.20. The van der Waals surface area contributed by atoms with Gasteiger partial charge in [0.25, 0.3) is 5.91 Å². The molecule has 0 unspecified atom stereocenters. The SMILES string of the molecule is Nc1c(C(=O)NCCO)sc2nc3c(cc12)CCC3. The summed E-state index contributed by atoms with van der Waals surface area (Å²) < 4.78 is 0. The van der Waals surface area contributed by atoms with Crippen molar-refractivity contribution >= 4 is 33.1 Å². The molecule has 0 saturated heterocycles. The Morgan fingerprint density at radius 1 is 1.53 bits per heavy atom. The van der Waals surface area contributed by atoms with Gasteiger partial charge in [0.05, 0.1) is 12.3 Å². The number of hydrogen-bond acceptors (Lipinski definition) is 5. The first-order chi connectivity index (χ1) is 9.20. The summed E-state index contributed by atoms with van der Waals surface area (Å²) in [5.74, 6) is -0.241. The number of rotatable bonds is 3. The third-order valence-corrected chi connectivity index (χ3v) is 4.47. The Morgan fingerprint density at radius 3 is 3.16 bits per heavy atom. The summed E-state index contributed by atoms with van der Waals surface area (Å²) in [6, 6.07) is 2.07. The van der Waals surface area contributed by atoms with Crippen molar-refractivity contribution in [2.24, 2.45) is 0 Å². The van der Waals surface area contributed by atoms with Crippen molar-refractivity contribution in [2.45, 2.75) is 19.3 Å². The van der Waals surface area contributed by atoms with Crippen LogP contribution >= 0.6 is 11.3 Å². The van der Waals surface area contributed by atoms with Crippen molar-refractivity contribution in [3.8, 4) is 0 Å². The van der Waals surface area contributed by atoms with Gasteiger partial charge in [-0.15, -0.1) is 11.3 Å².